The van der Waals surface area contributed by atoms with Crippen LogP contribution in [0.5, 0.6) is 0 Å². The molecule has 6 heteroatoms. The summed E-state index contributed by atoms with van der Waals surface area (Å²) in [4.78, 5) is 11.8. The van der Waals surface area contributed by atoms with Crippen LogP contribution in [0, 0.1) is 0 Å². The molecule has 6 nitrogen and oxygen atoms in total. The molecule has 0 bridgehead atoms. The zero-order valence-electron chi connectivity index (χ0n) is 11.7. The van der Waals surface area contributed by atoms with Gasteiger partial charge in [0.1, 0.15) is 0 Å². The number of anilines is 2. The topological polar surface area (TPSA) is 80.0 Å². The van der Waals surface area contributed by atoms with Crippen LogP contribution >= 0.6 is 0 Å². The zero-order chi connectivity index (χ0) is 15.2. The fraction of sp³-hybridized carbons (Fsp3) is 0.0625. The summed E-state index contributed by atoms with van der Waals surface area (Å²) < 4.78 is 5.41. The summed E-state index contributed by atoms with van der Waals surface area (Å²) >= 11 is 0. The summed E-state index contributed by atoms with van der Waals surface area (Å²) in [6.45, 7) is 0.118. The van der Waals surface area contributed by atoms with Crippen LogP contribution in [-0.2, 0) is 4.79 Å². The van der Waals surface area contributed by atoms with Crippen molar-refractivity contribution in [3.63, 3.8) is 0 Å². The van der Waals surface area contributed by atoms with Crippen molar-refractivity contribution in [3.05, 3.63) is 60.7 Å². The van der Waals surface area contributed by atoms with Gasteiger partial charge in [-0.2, -0.15) is 0 Å². The number of nitrogens with zero attached hydrogens (tertiary/aromatic N) is 2. The molecular weight excluding hydrogens is 280 g/mol. The van der Waals surface area contributed by atoms with Crippen LogP contribution in [0.3, 0.4) is 0 Å². The number of hydrogen-bond acceptors (Lipinski definition) is 5. The Morgan fingerprint density at radius 2 is 1.64 bits per heavy atom. The number of carbonyl (C=O) groups is 1. The van der Waals surface area contributed by atoms with Crippen LogP contribution in [0.15, 0.2) is 65.1 Å². The van der Waals surface area contributed by atoms with Crippen molar-refractivity contribution in [1.82, 2.24) is 10.2 Å². The lowest BCUT2D eigenvalue weighted by Crippen LogP contribution is -2.21. The number of rotatable bonds is 5. The van der Waals surface area contributed by atoms with Crippen LogP contribution in [0.2, 0.25) is 0 Å². The Morgan fingerprint density at radius 1 is 0.955 bits per heavy atom. The van der Waals surface area contributed by atoms with Crippen molar-refractivity contribution in [2.24, 2.45) is 0 Å². The van der Waals surface area contributed by atoms with Crippen molar-refractivity contribution in [2.75, 3.05) is 17.2 Å². The number of benzene rings is 2. The first-order chi connectivity index (χ1) is 10.8. The molecule has 3 rings (SSSR count). The normalized spacial score (nSPS) is 10.2. The van der Waals surface area contributed by atoms with E-state index in [0.717, 1.165) is 11.3 Å². The molecule has 0 saturated heterocycles. The third-order valence-corrected chi connectivity index (χ3v) is 2.92. The minimum atomic E-state index is -0.257. The van der Waals surface area contributed by atoms with E-state index in [-0.39, 0.29) is 18.5 Å². The lowest BCUT2D eigenvalue weighted by molar-refractivity contribution is -0.114. The first-order valence-electron chi connectivity index (χ1n) is 6.79. The first-order valence-corrected chi connectivity index (χ1v) is 6.79. The van der Waals surface area contributed by atoms with E-state index in [4.69, 9.17) is 4.42 Å². The molecule has 0 saturated carbocycles. The zero-order valence-corrected chi connectivity index (χ0v) is 11.7. The standard InChI is InChI=1S/C16H14N4O2/c21-14(11-17-13-9-5-2-6-10-13)18-16-20-19-15(22-16)12-7-3-1-4-8-12/h1-10,17H,11H2,(H,18,20,21). The van der Waals surface area contributed by atoms with Gasteiger partial charge in [-0.1, -0.05) is 41.5 Å². The van der Waals surface area contributed by atoms with Gasteiger partial charge in [-0.15, -0.1) is 5.10 Å². The molecule has 1 aromatic heterocycles. The first kappa shape index (κ1) is 13.8. The quantitative estimate of drug-likeness (QED) is 0.756. The molecule has 22 heavy (non-hydrogen) atoms. The number of para-hydroxylation sites is 1. The molecule has 0 radical (unpaired) electrons. The maximum atomic E-state index is 11.8. The molecule has 3 aromatic rings. The smallest absolute Gasteiger partial charge is 0.322 e. The molecule has 0 atom stereocenters. The summed E-state index contributed by atoms with van der Waals surface area (Å²) in [5.41, 5.74) is 1.67. The van der Waals surface area contributed by atoms with E-state index < -0.39 is 0 Å². The van der Waals surface area contributed by atoms with Gasteiger partial charge < -0.3 is 9.73 Å². The highest BCUT2D eigenvalue weighted by atomic mass is 16.4. The fourth-order valence-corrected chi connectivity index (χ4v) is 1.87. The Balaban J connectivity index is 1.57. The Hall–Kier alpha value is -3.15. The molecule has 2 N–H and O–H groups in total. The molecule has 1 amide bonds. The van der Waals surface area contributed by atoms with Gasteiger partial charge in [0, 0.05) is 11.3 Å². The Morgan fingerprint density at radius 3 is 2.36 bits per heavy atom. The van der Waals surface area contributed by atoms with Gasteiger partial charge >= 0.3 is 6.01 Å². The summed E-state index contributed by atoms with van der Waals surface area (Å²) in [7, 11) is 0. The van der Waals surface area contributed by atoms with E-state index in [2.05, 4.69) is 20.8 Å². The van der Waals surface area contributed by atoms with Gasteiger partial charge in [-0.05, 0) is 24.3 Å². The van der Waals surface area contributed by atoms with Crippen molar-refractivity contribution in [1.29, 1.82) is 0 Å². The molecule has 110 valence electrons. The Bertz CT molecular complexity index is 741. The molecule has 0 fully saturated rings. The fourth-order valence-electron chi connectivity index (χ4n) is 1.87. The van der Waals surface area contributed by atoms with Crippen LogP contribution in [0.1, 0.15) is 0 Å². The average Bonchev–Trinajstić information content (AvgIpc) is 3.03. The van der Waals surface area contributed by atoms with Crippen LogP contribution in [0.4, 0.5) is 11.7 Å². The largest absolute Gasteiger partial charge is 0.403 e. The predicted octanol–water partition coefficient (Wildman–Crippen LogP) is 2.79. The second kappa shape index (κ2) is 6.53. The molecule has 0 aliphatic rings. The summed E-state index contributed by atoms with van der Waals surface area (Å²) in [5.74, 6) is 0.110. The van der Waals surface area contributed by atoms with Crippen LogP contribution < -0.4 is 10.6 Å². The van der Waals surface area contributed by atoms with E-state index in [0.29, 0.717) is 5.89 Å². The highest BCUT2D eigenvalue weighted by molar-refractivity contribution is 5.91. The minimum Gasteiger partial charge on any atom is -0.403 e. The molecular formula is C16H14N4O2. The van der Waals surface area contributed by atoms with Crippen LogP contribution in [-0.4, -0.2) is 22.6 Å². The average molecular weight is 294 g/mol. The van der Waals surface area contributed by atoms with Crippen LogP contribution in [0.25, 0.3) is 11.5 Å². The minimum absolute atomic E-state index is 0.0821. The molecule has 1 heterocycles. The third kappa shape index (κ3) is 3.49. The monoisotopic (exact) mass is 294 g/mol. The Kier molecular flexibility index (Phi) is 4.10. The van der Waals surface area contributed by atoms with Crippen molar-refractivity contribution >= 4 is 17.6 Å². The van der Waals surface area contributed by atoms with E-state index in [9.17, 15) is 4.79 Å². The number of carbonyl (C=O) groups excluding carboxylic acids is 1. The van der Waals surface area contributed by atoms with Crippen molar-refractivity contribution in [2.45, 2.75) is 0 Å². The van der Waals surface area contributed by atoms with Gasteiger partial charge in [0.2, 0.25) is 11.8 Å². The van der Waals surface area contributed by atoms with Gasteiger partial charge in [0.15, 0.2) is 0 Å². The van der Waals surface area contributed by atoms with Gasteiger partial charge in [-0.25, -0.2) is 0 Å². The molecule has 0 aliphatic carbocycles. The van der Waals surface area contributed by atoms with E-state index in [1.54, 1.807) is 0 Å². The second-order valence-electron chi connectivity index (χ2n) is 4.55. The van der Waals surface area contributed by atoms with E-state index >= 15 is 0 Å². The highest BCUT2D eigenvalue weighted by Crippen LogP contribution is 2.18. The summed E-state index contributed by atoms with van der Waals surface area (Å²) in [5, 5.41) is 13.3. The maximum absolute atomic E-state index is 11.8. The summed E-state index contributed by atoms with van der Waals surface area (Å²) in [6, 6.07) is 18.9. The van der Waals surface area contributed by atoms with Gasteiger partial charge in [-0.3, -0.25) is 10.1 Å². The van der Waals surface area contributed by atoms with E-state index in [1.165, 1.54) is 0 Å². The molecule has 0 aliphatic heterocycles. The van der Waals surface area contributed by atoms with Gasteiger partial charge in [0.05, 0.1) is 6.54 Å². The van der Waals surface area contributed by atoms with Crippen molar-refractivity contribution in [3.8, 4) is 11.5 Å². The number of nitrogens with one attached hydrogen (secondary N) is 2. The lowest BCUT2D eigenvalue weighted by atomic mass is 10.2. The van der Waals surface area contributed by atoms with E-state index in [1.807, 2.05) is 60.7 Å². The number of amides is 1. The number of aromatic nitrogens is 2. The number of hydrogen-bond donors (Lipinski definition) is 2. The highest BCUT2D eigenvalue weighted by Gasteiger charge is 2.10. The Labute approximate surface area is 127 Å². The molecule has 0 unspecified atom stereocenters. The predicted molar refractivity (Wildman–Crippen MR) is 83.3 cm³/mol. The van der Waals surface area contributed by atoms with Crippen molar-refractivity contribution < 1.29 is 9.21 Å². The molecule has 2 aromatic carbocycles. The van der Waals surface area contributed by atoms with Gasteiger partial charge in [0.25, 0.3) is 0 Å². The SMILES string of the molecule is O=C(CNc1ccccc1)Nc1nnc(-c2ccccc2)o1. The summed E-state index contributed by atoms with van der Waals surface area (Å²) in [6.07, 6.45) is 0. The third-order valence-electron chi connectivity index (χ3n) is 2.92. The molecule has 0 spiro atoms. The lowest BCUT2D eigenvalue weighted by Gasteiger charge is -2.04. The maximum Gasteiger partial charge on any atom is 0.322 e. The second-order valence-corrected chi connectivity index (χ2v) is 4.55.